The number of rotatable bonds is 8. The van der Waals surface area contributed by atoms with Crippen LogP contribution in [0.2, 0.25) is 0 Å². The Hall–Kier alpha value is -0.470. The van der Waals surface area contributed by atoms with Gasteiger partial charge < -0.3 is 5.32 Å². The fourth-order valence-electron chi connectivity index (χ4n) is 2.33. The summed E-state index contributed by atoms with van der Waals surface area (Å²) in [7, 11) is 0. The third-order valence-corrected chi connectivity index (χ3v) is 4.31. The molecule has 0 saturated heterocycles. The third kappa shape index (κ3) is 6.49. The van der Waals surface area contributed by atoms with Crippen LogP contribution in [0.3, 0.4) is 0 Å². The van der Waals surface area contributed by atoms with Gasteiger partial charge in [-0.3, -0.25) is 0 Å². The number of benzene rings is 1. The van der Waals surface area contributed by atoms with Gasteiger partial charge in [-0.2, -0.15) is 0 Å². The Balaban J connectivity index is 2.38. The monoisotopic (exact) mass is 279 g/mol. The van der Waals surface area contributed by atoms with Crippen LogP contribution in [-0.2, 0) is 0 Å². The Morgan fingerprint density at radius 2 is 1.63 bits per heavy atom. The maximum atomic E-state index is 3.70. The predicted octanol–water partition coefficient (Wildman–Crippen LogP) is 5.27. The highest BCUT2D eigenvalue weighted by molar-refractivity contribution is 7.98. The molecule has 0 aliphatic rings. The Morgan fingerprint density at radius 3 is 2.16 bits per heavy atom. The number of thioether (sulfide) groups is 1. The zero-order valence-corrected chi connectivity index (χ0v) is 13.9. The van der Waals surface area contributed by atoms with Crippen molar-refractivity contribution in [2.24, 2.45) is 5.92 Å². The fourth-order valence-corrected chi connectivity index (χ4v) is 2.74. The molecule has 0 aromatic heterocycles. The maximum absolute atomic E-state index is 3.70. The number of nitrogens with one attached hydrogen (secondary N) is 1. The molecule has 0 heterocycles. The largest absolute Gasteiger partial charge is 0.308 e. The molecule has 1 rings (SSSR count). The molecular weight excluding hydrogens is 250 g/mol. The summed E-state index contributed by atoms with van der Waals surface area (Å²) in [5.74, 6) is 0.823. The first kappa shape index (κ1) is 16.6. The maximum Gasteiger partial charge on any atom is 0.0294 e. The van der Waals surface area contributed by atoms with Crippen molar-refractivity contribution in [1.82, 2.24) is 5.32 Å². The molecule has 2 atom stereocenters. The average molecular weight is 279 g/mol. The van der Waals surface area contributed by atoms with Gasteiger partial charge >= 0.3 is 0 Å². The lowest BCUT2D eigenvalue weighted by Crippen LogP contribution is -2.28. The summed E-state index contributed by atoms with van der Waals surface area (Å²) in [5.41, 5.74) is 1.38. The molecule has 1 aromatic carbocycles. The minimum atomic E-state index is 0.435. The van der Waals surface area contributed by atoms with E-state index in [4.69, 9.17) is 0 Å². The minimum absolute atomic E-state index is 0.435. The second kappa shape index (κ2) is 8.65. The second-order valence-corrected chi connectivity index (χ2v) is 6.77. The van der Waals surface area contributed by atoms with Crippen LogP contribution in [0.15, 0.2) is 29.2 Å². The Bertz CT molecular complexity index is 345. The number of hydrogen-bond acceptors (Lipinski definition) is 2. The van der Waals surface area contributed by atoms with Crippen LogP contribution in [-0.4, -0.2) is 12.3 Å². The van der Waals surface area contributed by atoms with Crippen molar-refractivity contribution in [2.45, 2.75) is 63.9 Å². The van der Waals surface area contributed by atoms with Crippen molar-refractivity contribution in [3.8, 4) is 0 Å². The zero-order chi connectivity index (χ0) is 14.3. The fraction of sp³-hybridized carbons (Fsp3) is 0.647. The molecular formula is C17H29NS. The smallest absolute Gasteiger partial charge is 0.0294 e. The van der Waals surface area contributed by atoms with E-state index in [9.17, 15) is 0 Å². The zero-order valence-electron chi connectivity index (χ0n) is 13.1. The summed E-state index contributed by atoms with van der Waals surface area (Å²) in [6.45, 7) is 9.15. The van der Waals surface area contributed by atoms with Crippen molar-refractivity contribution in [2.75, 3.05) is 6.26 Å². The van der Waals surface area contributed by atoms with E-state index >= 15 is 0 Å². The van der Waals surface area contributed by atoms with Crippen molar-refractivity contribution >= 4 is 11.8 Å². The van der Waals surface area contributed by atoms with Crippen LogP contribution in [0.25, 0.3) is 0 Å². The van der Waals surface area contributed by atoms with Crippen LogP contribution < -0.4 is 5.32 Å². The number of hydrogen-bond donors (Lipinski definition) is 1. The first-order valence-electron chi connectivity index (χ1n) is 7.43. The highest BCUT2D eigenvalue weighted by Crippen LogP contribution is 2.20. The summed E-state index contributed by atoms with van der Waals surface area (Å²) >= 11 is 1.80. The van der Waals surface area contributed by atoms with Crippen LogP contribution in [0.4, 0.5) is 0 Å². The van der Waals surface area contributed by atoms with E-state index in [0.29, 0.717) is 12.1 Å². The average Bonchev–Trinajstić information content (AvgIpc) is 2.38. The quantitative estimate of drug-likeness (QED) is 0.650. The SMILES string of the molecule is CSc1ccc(C(C)NC(C)CCCC(C)C)cc1. The van der Waals surface area contributed by atoms with E-state index in [-0.39, 0.29) is 0 Å². The van der Waals surface area contributed by atoms with Crippen LogP contribution in [0, 0.1) is 5.92 Å². The third-order valence-electron chi connectivity index (χ3n) is 3.57. The van der Waals surface area contributed by atoms with Gasteiger partial charge in [-0.1, -0.05) is 38.8 Å². The molecule has 1 N–H and O–H groups in total. The lowest BCUT2D eigenvalue weighted by atomic mass is 10.0. The molecule has 0 aliphatic carbocycles. The lowest BCUT2D eigenvalue weighted by molar-refractivity contribution is 0.424. The summed E-state index contributed by atoms with van der Waals surface area (Å²) in [6, 6.07) is 9.93. The molecule has 2 heteroatoms. The van der Waals surface area contributed by atoms with E-state index in [1.807, 2.05) is 0 Å². The molecule has 0 spiro atoms. The normalized spacial score (nSPS) is 14.6. The molecule has 1 nitrogen and oxygen atoms in total. The lowest BCUT2D eigenvalue weighted by Gasteiger charge is -2.21. The molecule has 0 fully saturated rings. The Kier molecular flexibility index (Phi) is 7.55. The van der Waals surface area contributed by atoms with Gasteiger partial charge in [-0.15, -0.1) is 11.8 Å². The standard InChI is InChI=1S/C17H29NS/c1-13(2)7-6-8-14(3)18-15(4)16-9-11-17(19-5)12-10-16/h9-15,18H,6-8H2,1-5H3. The summed E-state index contributed by atoms with van der Waals surface area (Å²) in [5, 5.41) is 3.70. The summed E-state index contributed by atoms with van der Waals surface area (Å²) < 4.78 is 0. The van der Waals surface area contributed by atoms with Gasteiger partial charge in [0.1, 0.15) is 0 Å². The Morgan fingerprint density at radius 1 is 1.00 bits per heavy atom. The topological polar surface area (TPSA) is 12.0 Å². The first-order valence-corrected chi connectivity index (χ1v) is 8.65. The van der Waals surface area contributed by atoms with Crippen molar-refractivity contribution in [3.05, 3.63) is 29.8 Å². The van der Waals surface area contributed by atoms with Crippen LogP contribution in [0.1, 0.15) is 58.6 Å². The van der Waals surface area contributed by atoms with E-state index < -0.39 is 0 Å². The predicted molar refractivity (Wildman–Crippen MR) is 87.9 cm³/mol. The molecule has 1 aromatic rings. The molecule has 0 saturated carbocycles. The van der Waals surface area contributed by atoms with E-state index in [0.717, 1.165) is 5.92 Å². The van der Waals surface area contributed by atoms with Crippen molar-refractivity contribution in [1.29, 1.82) is 0 Å². The van der Waals surface area contributed by atoms with Gasteiger partial charge in [-0.05, 0) is 50.1 Å². The van der Waals surface area contributed by atoms with Crippen LogP contribution in [0.5, 0.6) is 0 Å². The molecule has 0 radical (unpaired) electrons. The molecule has 108 valence electrons. The summed E-state index contributed by atoms with van der Waals surface area (Å²) in [4.78, 5) is 1.33. The molecule has 0 bridgehead atoms. The van der Waals surface area contributed by atoms with Gasteiger partial charge in [-0.25, -0.2) is 0 Å². The van der Waals surface area contributed by atoms with Crippen molar-refractivity contribution < 1.29 is 0 Å². The minimum Gasteiger partial charge on any atom is -0.308 e. The first-order chi connectivity index (χ1) is 9.02. The summed E-state index contributed by atoms with van der Waals surface area (Å²) in [6.07, 6.45) is 6.05. The Labute approximate surface area is 123 Å². The highest BCUT2D eigenvalue weighted by atomic mass is 32.2. The molecule has 19 heavy (non-hydrogen) atoms. The molecule has 0 aliphatic heterocycles. The van der Waals surface area contributed by atoms with E-state index in [1.165, 1.54) is 29.7 Å². The van der Waals surface area contributed by atoms with Gasteiger partial charge in [0.15, 0.2) is 0 Å². The van der Waals surface area contributed by atoms with Gasteiger partial charge in [0.05, 0.1) is 0 Å². The van der Waals surface area contributed by atoms with Crippen molar-refractivity contribution in [3.63, 3.8) is 0 Å². The second-order valence-electron chi connectivity index (χ2n) is 5.89. The molecule has 0 amide bonds. The highest BCUT2D eigenvalue weighted by Gasteiger charge is 2.09. The van der Waals surface area contributed by atoms with E-state index in [2.05, 4.69) is 63.5 Å². The van der Waals surface area contributed by atoms with Crippen LogP contribution >= 0.6 is 11.8 Å². The van der Waals surface area contributed by atoms with Gasteiger partial charge in [0.25, 0.3) is 0 Å². The van der Waals surface area contributed by atoms with Gasteiger partial charge in [0, 0.05) is 17.0 Å². The van der Waals surface area contributed by atoms with E-state index in [1.54, 1.807) is 11.8 Å². The molecule has 2 unspecified atom stereocenters. The van der Waals surface area contributed by atoms with Gasteiger partial charge in [0.2, 0.25) is 0 Å².